The molecule has 1 saturated heterocycles. The summed E-state index contributed by atoms with van der Waals surface area (Å²) in [5, 5.41) is 0.527. The van der Waals surface area contributed by atoms with Crippen molar-refractivity contribution < 1.29 is 14.3 Å². The van der Waals surface area contributed by atoms with E-state index in [1.54, 1.807) is 54.2 Å². The smallest absolute Gasteiger partial charge is 0.254 e. The summed E-state index contributed by atoms with van der Waals surface area (Å²) in [5.74, 6) is 0.286. The van der Waals surface area contributed by atoms with E-state index in [4.69, 9.17) is 16.3 Å². The fourth-order valence-electron chi connectivity index (χ4n) is 3.12. The van der Waals surface area contributed by atoms with E-state index in [1.165, 1.54) is 0 Å². The Balaban J connectivity index is 1.84. The number of hydrogen-bond acceptors (Lipinski definition) is 3. The van der Waals surface area contributed by atoms with Crippen LogP contribution in [0.5, 0.6) is 5.75 Å². The fraction of sp³-hybridized carbons (Fsp3) is 0.300. The van der Waals surface area contributed by atoms with Gasteiger partial charge in [-0.15, -0.1) is 0 Å². The Labute approximate surface area is 158 Å². The van der Waals surface area contributed by atoms with Gasteiger partial charge in [-0.3, -0.25) is 9.59 Å². The summed E-state index contributed by atoms with van der Waals surface area (Å²) < 4.78 is 5.36. The van der Waals surface area contributed by atoms with Gasteiger partial charge in [0.1, 0.15) is 11.8 Å². The SMILES string of the molecule is COc1ccc(Cl)cc1N1CCN(C(=O)c2ccc(C)cc2)C(C)C1=O. The molecule has 3 rings (SSSR count). The first-order chi connectivity index (χ1) is 12.4. The van der Waals surface area contributed by atoms with Crippen LogP contribution in [0.3, 0.4) is 0 Å². The van der Waals surface area contributed by atoms with Crippen molar-refractivity contribution in [3.63, 3.8) is 0 Å². The number of amides is 2. The van der Waals surface area contributed by atoms with Crippen LogP contribution in [0.4, 0.5) is 5.69 Å². The van der Waals surface area contributed by atoms with Gasteiger partial charge in [-0.25, -0.2) is 0 Å². The molecule has 5 nitrogen and oxygen atoms in total. The summed E-state index contributed by atoms with van der Waals surface area (Å²) in [6.07, 6.45) is 0. The Kier molecular flexibility index (Phi) is 5.18. The lowest BCUT2D eigenvalue weighted by Crippen LogP contribution is -2.57. The van der Waals surface area contributed by atoms with Gasteiger partial charge in [0.2, 0.25) is 5.91 Å². The summed E-state index contributed by atoms with van der Waals surface area (Å²) in [5.41, 5.74) is 2.30. The van der Waals surface area contributed by atoms with Crippen molar-refractivity contribution in [3.8, 4) is 5.75 Å². The van der Waals surface area contributed by atoms with Gasteiger partial charge >= 0.3 is 0 Å². The number of nitrogens with zero attached hydrogens (tertiary/aromatic N) is 2. The number of methoxy groups -OCH3 is 1. The predicted octanol–water partition coefficient (Wildman–Crippen LogP) is 3.53. The van der Waals surface area contributed by atoms with Crippen LogP contribution in [0.2, 0.25) is 5.02 Å². The monoisotopic (exact) mass is 372 g/mol. The molecule has 26 heavy (non-hydrogen) atoms. The van der Waals surface area contributed by atoms with Crippen LogP contribution in [0, 0.1) is 6.92 Å². The highest BCUT2D eigenvalue weighted by atomic mass is 35.5. The highest BCUT2D eigenvalue weighted by molar-refractivity contribution is 6.31. The molecule has 0 spiro atoms. The van der Waals surface area contributed by atoms with Gasteiger partial charge < -0.3 is 14.5 Å². The average molecular weight is 373 g/mol. The lowest BCUT2D eigenvalue weighted by molar-refractivity contribution is -0.124. The topological polar surface area (TPSA) is 49.9 Å². The van der Waals surface area contributed by atoms with Gasteiger partial charge in [-0.05, 0) is 44.2 Å². The maximum absolute atomic E-state index is 12.9. The number of anilines is 1. The molecule has 0 aliphatic carbocycles. The summed E-state index contributed by atoms with van der Waals surface area (Å²) in [7, 11) is 1.55. The quantitative estimate of drug-likeness (QED) is 0.828. The molecular formula is C20H21ClN2O3. The standard InChI is InChI=1S/C20H21ClN2O3/c1-13-4-6-15(7-5-13)20(25)22-10-11-23(19(24)14(22)2)17-12-16(21)8-9-18(17)26-3/h4-9,12,14H,10-11H2,1-3H3. The Morgan fingerprint density at radius 2 is 1.85 bits per heavy atom. The second-order valence-electron chi connectivity index (χ2n) is 6.35. The summed E-state index contributed by atoms with van der Waals surface area (Å²) in [6.45, 7) is 4.54. The van der Waals surface area contributed by atoms with Gasteiger partial charge in [0.25, 0.3) is 5.91 Å². The molecule has 6 heteroatoms. The van der Waals surface area contributed by atoms with Crippen LogP contribution in [0.15, 0.2) is 42.5 Å². The molecule has 0 N–H and O–H groups in total. The number of ether oxygens (including phenoxy) is 1. The first kappa shape index (κ1) is 18.3. The maximum Gasteiger partial charge on any atom is 0.254 e. The van der Waals surface area contributed by atoms with Crippen LogP contribution in [0.25, 0.3) is 0 Å². The maximum atomic E-state index is 12.9. The zero-order valence-corrected chi connectivity index (χ0v) is 15.8. The number of carbonyl (C=O) groups excluding carboxylic acids is 2. The molecule has 1 unspecified atom stereocenters. The highest BCUT2D eigenvalue weighted by Gasteiger charge is 2.36. The Morgan fingerprint density at radius 3 is 2.50 bits per heavy atom. The third-order valence-corrected chi connectivity index (χ3v) is 4.88. The van der Waals surface area contributed by atoms with Gasteiger partial charge in [0.05, 0.1) is 12.8 Å². The van der Waals surface area contributed by atoms with Crippen molar-refractivity contribution >= 4 is 29.1 Å². The minimum Gasteiger partial charge on any atom is -0.495 e. The fourth-order valence-corrected chi connectivity index (χ4v) is 3.29. The zero-order valence-electron chi connectivity index (χ0n) is 15.0. The minimum atomic E-state index is -0.568. The van der Waals surface area contributed by atoms with Gasteiger partial charge in [0, 0.05) is 23.7 Å². The lowest BCUT2D eigenvalue weighted by atomic mass is 10.1. The van der Waals surface area contributed by atoms with Crippen molar-refractivity contribution in [1.82, 2.24) is 4.90 Å². The van der Waals surface area contributed by atoms with E-state index in [9.17, 15) is 9.59 Å². The minimum absolute atomic E-state index is 0.136. The molecule has 1 fully saturated rings. The molecule has 1 atom stereocenters. The Morgan fingerprint density at radius 1 is 1.15 bits per heavy atom. The molecule has 2 aromatic carbocycles. The lowest BCUT2D eigenvalue weighted by Gasteiger charge is -2.39. The summed E-state index contributed by atoms with van der Waals surface area (Å²) >= 11 is 6.09. The molecular weight excluding hydrogens is 352 g/mol. The molecule has 0 aromatic heterocycles. The van der Waals surface area contributed by atoms with E-state index in [2.05, 4.69) is 0 Å². The molecule has 0 saturated carbocycles. The number of piperazine rings is 1. The predicted molar refractivity (Wildman–Crippen MR) is 102 cm³/mol. The van der Waals surface area contributed by atoms with Gasteiger partial charge in [-0.1, -0.05) is 29.3 Å². The molecule has 136 valence electrons. The first-order valence-corrected chi connectivity index (χ1v) is 8.82. The normalized spacial score (nSPS) is 17.4. The molecule has 1 aliphatic heterocycles. The number of aryl methyl sites for hydroxylation is 1. The third kappa shape index (κ3) is 3.40. The summed E-state index contributed by atoms with van der Waals surface area (Å²) in [6, 6.07) is 12.0. The summed E-state index contributed by atoms with van der Waals surface area (Å²) in [4.78, 5) is 29.0. The van der Waals surface area contributed by atoms with Crippen LogP contribution in [0.1, 0.15) is 22.8 Å². The van der Waals surface area contributed by atoms with Crippen molar-refractivity contribution in [2.45, 2.75) is 19.9 Å². The first-order valence-electron chi connectivity index (χ1n) is 8.45. The van der Waals surface area contributed by atoms with Gasteiger partial charge in [0.15, 0.2) is 0 Å². The highest BCUT2D eigenvalue weighted by Crippen LogP contribution is 2.33. The molecule has 1 aliphatic rings. The van der Waals surface area contributed by atoms with E-state index in [0.717, 1.165) is 5.56 Å². The van der Waals surface area contributed by atoms with Crippen LogP contribution < -0.4 is 9.64 Å². The number of carbonyl (C=O) groups is 2. The molecule has 0 radical (unpaired) electrons. The number of hydrogen-bond donors (Lipinski definition) is 0. The molecule has 1 heterocycles. The average Bonchev–Trinajstić information content (AvgIpc) is 2.64. The van der Waals surface area contributed by atoms with Crippen LogP contribution >= 0.6 is 11.6 Å². The molecule has 2 amide bonds. The third-order valence-electron chi connectivity index (χ3n) is 4.65. The Bertz CT molecular complexity index is 835. The number of benzene rings is 2. The number of rotatable bonds is 3. The molecule has 0 bridgehead atoms. The Hall–Kier alpha value is -2.53. The second kappa shape index (κ2) is 7.38. The van der Waals surface area contributed by atoms with Crippen LogP contribution in [-0.4, -0.2) is 43.0 Å². The second-order valence-corrected chi connectivity index (χ2v) is 6.78. The van der Waals surface area contributed by atoms with Crippen LogP contribution in [-0.2, 0) is 4.79 Å². The zero-order chi connectivity index (χ0) is 18.8. The van der Waals surface area contributed by atoms with Crippen molar-refractivity contribution in [3.05, 3.63) is 58.6 Å². The largest absolute Gasteiger partial charge is 0.495 e. The van der Waals surface area contributed by atoms with Gasteiger partial charge in [-0.2, -0.15) is 0 Å². The van der Waals surface area contributed by atoms with E-state index in [-0.39, 0.29) is 11.8 Å². The van der Waals surface area contributed by atoms with E-state index in [1.807, 2.05) is 19.1 Å². The van der Waals surface area contributed by atoms with Crippen molar-refractivity contribution in [1.29, 1.82) is 0 Å². The van der Waals surface area contributed by atoms with Crippen molar-refractivity contribution in [2.75, 3.05) is 25.1 Å². The van der Waals surface area contributed by atoms with Crippen molar-refractivity contribution in [2.24, 2.45) is 0 Å². The molecule has 2 aromatic rings. The van der Waals surface area contributed by atoms with E-state index in [0.29, 0.717) is 35.1 Å². The van der Waals surface area contributed by atoms with E-state index >= 15 is 0 Å². The number of halogens is 1. The van der Waals surface area contributed by atoms with E-state index < -0.39 is 6.04 Å².